The number of likely N-dealkylation sites (N-methyl/N-ethyl adjacent to an activating group) is 1. The van der Waals surface area contributed by atoms with Gasteiger partial charge in [0, 0.05) is 32.0 Å². The first-order valence-electron chi connectivity index (χ1n) is 7.35. The van der Waals surface area contributed by atoms with Crippen molar-refractivity contribution in [3.8, 4) is 0 Å². The summed E-state index contributed by atoms with van der Waals surface area (Å²) in [6, 6.07) is 9.93. The molecule has 6 nitrogen and oxygen atoms in total. The molecule has 1 aromatic carbocycles. The van der Waals surface area contributed by atoms with Gasteiger partial charge < -0.3 is 20.1 Å². The Balaban J connectivity index is 1.94. The highest BCUT2D eigenvalue weighted by molar-refractivity contribution is 5.74. The predicted molar refractivity (Wildman–Crippen MR) is 86.2 cm³/mol. The monoisotopic (exact) mass is 301 g/mol. The molecule has 6 heteroatoms. The first-order chi connectivity index (χ1) is 10.6. The van der Waals surface area contributed by atoms with Crippen LogP contribution in [0.2, 0.25) is 0 Å². The number of nitrogens with zero attached hydrogens (tertiary/aromatic N) is 3. The van der Waals surface area contributed by atoms with E-state index in [1.165, 1.54) is 0 Å². The summed E-state index contributed by atoms with van der Waals surface area (Å²) in [6.45, 7) is 2.49. The maximum atomic E-state index is 12.4. The van der Waals surface area contributed by atoms with Gasteiger partial charge in [-0.25, -0.2) is 9.78 Å². The number of carbonyl (C=O) groups excluding carboxylic acids is 1. The van der Waals surface area contributed by atoms with Crippen molar-refractivity contribution in [2.45, 2.75) is 13.1 Å². The SMILES string of the molecule is CN(C)CCN(Cc1ccccc1)C(=O)NCc1ncc[nH]1. The number of imidazole rings is 1. The first kappa shape index (κ1) is 16.0. The molecule has 0 unspecified atom stereocenters. The predicted octanol–water partition coefficient (Wildman–Crippen LogP) is 1.68. The molecule has 0 spiro atoms. The quantitative estimate of drug-likeness (QED) is 0.818. The second-order valence-electron chi connectivity index (χ2n) is 5.41. The topological polar surface area (TPSA) is 64.3 Å². The highest BCUT2D eigenvalue weighted by atomic mass is 16.2. The van der Waals surface area contributed by atoms with Gasteiger partial charge >= 0.3 is 6.03 Å². The third-order valence-electron chi connectivity index (χ3n) is 3.28. The molecule has 22 heavy (non-hydrogen) atoms. The van der Waals surface area contributed by atoms with Crippen LogP contribution in [0.25, 0.3) is 0 Å². The van der Waals surface area contributed by atoms with E-state index >= 15 is 0 Å². The summed E-state index contributed by atoms with van der Waals surface area (Å²) in [4.78, 5) is 23.4. The maximum Gasteiger partial charge on any atom is 0.318 e. The average molecular weight is 301 g/mol. The number of carbonyl (C=O) groups is 1. The van der Waals surface area contributed by atoms with Crippen LogP contribution in [0.1, 0.15) is 11.4 Å². The third kappa shape index (κ3) is 5.21. The molecule has 1 aromatic heterocycles. The van der Waals surface area contributed by atoms with Crippen LogP contribution in [-0.4, -0.2) is 53.0 Å². The lowest BCUT2D eigenvalue weighted by Crippen LogP contribution is -2.42. The standard InChI is InChI=1S/C16H23N5O/c1-20(2)10-11-21(13-14-6-4-3-5-7-14)16(22)19-12-15-17-8-9-18-15/h3-9H,10-13H2,1-2H3,(H,17,18)(H,19,22). The molecule has 0 atom stereocenters. The molecule has 118 valence electrons. The zero-order valence-electron chi connectivity index (χ0n) is 13.1. The molecule has 0 aliphatic rings. The molecule has 1 heterocycles. The number of nitrogens with one attached hydrogen (secondary N) is 2. The van der Waals surface area contributed by atoms with E-state index in [1.54, 1.807) is 12.4 Å². The number of aromatic nitrogens is 2. The molecular weight excluding hydrogens is 278 g/mol. The van der Waals surface area contributed by atoms with Crippen molar-refractivity contribution in [2.75, 3.05) is 27.2 Å². The zero-order valence-corrected chi connectivity index (χ0v) is 13.1. The second-order valence-corrected chi connectivity index (χ2v) is 5.41. The molecule has 0 aliphatic carbocycles. The van der Waals surface area contributed by atoms with Gasteiger partial charge in [0.05, 0.1) is 6.54 Å². The summed E-state index contributed by atoms with van der Waals surface area (Å²) in [7, 11) is 4.00. The number of urea groups is 1. The largest absolute Gasteiger partial charge is 0.347 e. The summed E-state index contributed by atoms with van der Waals surface area (Å²) in [5, 5.41) is 2.90. The van der Waals surface area contributed by atoms with Crippen LogP contribution in [0.5, 0.6) is 0 Å². The minimum atomic E-state index is -0.0814. The Labute approximate surface area is 131 Å². The molecule has 2 aromatic rings. The second kappa shape index (κ2) is 8.19. The highest BCUT2D eigenvalue weighted by Gasteiger charge is 2.14. The number of hydrogen-bond donors (Lipinski definition) is 2. The van der Waals surface area contributed by atoms with Crippen LogP contribution in [0.4, 0.5) is 4.79 Å². The van der Waals surface area contributed by atoms with E-state index in [1.807, 2.05) is 49.3 Å². The lowest BCUT2D eigenvalue weighted by molar-refractivity contribution is 0.188. The van der Waals surface area contributed by atoms with Gasteiger partial charge in [0.15, 0.2) is 0 Å². The zero-order chi connectivity index (χ0) is 15.8. The number of amides is 2. The van der Waals surface area contributed by atoms with E-state index in [2.05, 4.69) is 20.2 Å². The van der Waals surface area contributed by atoms with Gasteiger partial charge in [-0.2, -0.15) is 0 Å². The Bertz CT molecular complexity index is 553. The number of H-pyrrole nitrogens is 1. The first-order valence-corrected chi connectivity index (χ1v) is 7.35. The molecule has 0 fully saturated rings. The van der Waals surface area contributed by atoms with Crippen molar-refractivity contribution in [3.05, 3.63) is 54.1 Å². The van der Waals surface area contributed by atoms with Gasteiger partial charge in [0.2, 0.25) is 0 Å². The van der Waals surface area contributed by atoms with Crippen molar-refractivity contribution in [1.29, 1.82) is 0 Å². The number of rotatable bonds is 7. The average Bonchev–Trinajstić information content (AvgIpc) is 3.03. The van der Waals surface area contributed by atoms with Crippen molar-refractivity contribution >= 4 is 6.03 Å². The van der Waals surface area contributed by atoms with Crippen LogP contribution in [0, 0.1) is 0 Å². The number of hydrogen-bond acceptors (Lipinski definition) is 3. The Morgan fingerprint density at radius 3 is 2.64 bits per heavy atom. The van der Waals surface area contributed by atoms with Crippen LogP contribution in [-0.2, 0) is 13.1 Å². The summed E-state index contributed by atoms with van der Waals surface area (Å²) in [5.41, 5.74) is 1.12. The van der Waals surface area contributed by atoms with Gasteiger partial charge in [-0.1, -0.05) is 30.3 Å². The minimum Gasteiger partial charge on any atom is -0.347 e. The van der Waals surface area contributed by atoms with Crippen molar-refractivity contribution in [1.82, 2.24) is 25.1 Å². The Morgan fingerprint density at radius 1 is 1.23 bits per heavy atom. The molecule has 0 aliphatic heterocycles. The summed E-state index contributed by atoms with van der Waals surface area (Å²) >= 11 is 0. The van der Waals surface area contributed by atoms with E-state index < -0.39 is 0 Å². The van der Waals surface area contributed by atoms with E-state index in [0.717, 1.165) is 17.9 Å². The van der Waals surface area contributed by atoms with Crippen molar-refractivity contribution in [3.63, 3.8) is 0 Å². The summed E-state index contributed by atoms with van der Waals surface area (Å²) in [6.07, 6.45) is 3.42. The minimum absolute atomic E-state index is 0.0814. The van der Waals surface area contributed by atoms with Gasteiger partial charge in [0.1, 0.15) is 5.82 Å². The van der Waals surface area contributed by atoms with Crippen LogP contribution < -0.4 is 5.32 Å². The molecule has 2 N–H and O–H groups in total. The van der Waals surface area contributed by atoms with Crippen molar-refractivity contribution in [2.24, 2.45) is 0 Å². The fourth-order valence-corrected chi connectivity index (χ4v) is 2.04. The van der Waals surface area contributed by atoms with Crippen LogP contribution in [0.15, 0.2) is 42.7 Å². The Hall–Kier alpha value is -2.34. The number of benzene rings is 1. The highest BCUT2D eigenvalue weighted by Crippen LogP contribution is 2.05. The smallest absolute Gasteiger partial charge is 0.318 e. The van der Waals surface area contributed by atoms with E-state index in [0.29, 0.717) is 19.6 Å². The fourth-order valence-electron chi connectivity index (χ4n) is 2.04. The molecular formula is C16H23N5O. The molecule has 0 saturated carbocycles. The molecule has 0 bridgehead atoms. The fraction of sp³-hybridized carbons (Fsp3) is 0.375. The molecule has 2 rings (SSSR count). The number of aromatic amines is 1. The molecule has 0 saturated heterocycles. The van der Waals surface area contributed by atoms with Crippen LogP contribution >= 0.6 is 0 Å². The summed E-state index contributed by atoms with van der Waals surface area (Å²) in [5.74, 6) is 0.751. The van der Waals surface area contributed by atoms with Gasteiger partial charge in [-0.05, 0) is 19.7 Å². The molecule has 0 radical (unpaired) electrons. The van der Waals surface area contributed by atoms with Gasteiger partial charge in [-0.15, -0.1) is 0 Å². The van der Waals surface area contributed by atoms with Gasteiger partial charge in [0.25, 0.3) is 0 Å². The van der Waals surface area contributed by atoms with E-state index in [9.17, 15) is 4.79 Å². The Kier molecular flexibility index (Phi) is 5.97. The van der Waals surface area contributed by atoms with Gasteiger partial charge in [-0.3, -0.25) is 0 Å². The third-order valence-corrected chi connectivity index (χ3v) is 3.28. The van der Waals surface area contributed by atoms with Crippen molar-refractivity contribution < 1.29 is 4.79 Å². The Morgan fingerprint density at radius 2 is 2.00 bits per heavy atom. The van der Waals surface area contributed by atoms with Crippen LogP contribution in [0.3, 0.4) is 0 Å². The lowest BCUT2D eigenvalue weighted by atomic mass is 10.2. The maximum absolute atomic E-state index is 12.4. The molecule has 2 amide bonds. The normalized spacial score (nSPS) is 10.7. The van der Waals surface area contributed by atoms with E-state index in [-0.39, 0.29) is 6.03 Å². The summed E-state index contributed by atoms with van der Waals surface area (Å²) < 4.78 is 0. The lowest BCUT2D eigenvalue weighted by Gasteiger charge is -2.24. The van der Waals surface area contributed by atoms with E-state index in [4.69, 9.17) is 0 Å².